The van der Waals surface area contributed by atoms with E-state index in [9.17, 15) is 4.79 Å². The lowest BCUT2D eigenvalue weighted by molar-refractivity contribution is -0.129. The van der Waals surface area contributed by atoms with E-state index < -0.39 is 5.97 Å². The molecule has 3 aromatic carbocycles. The maximum atomic E-state index is 12.3. The molecule has 1 aliphatic rings. The van der Waals surface area contributed by atoms with Gasteiger partial charge in [-0.3, -0.25) is 0 Å². The summed E-state index contributed by atoms with van der Waals surface area (Å²) in [5, 5.41) is 0.522. The number of cyclic esters (lactones) is 1. The van der Waals surface area contributed by atoms with Gasteiger partial charge in [-0.25, -0.2) is 9.79 Å². The molecule has 0 unspecified atom stereocenters. The molecule has 6 heteroatoms. The summed E-state index contributed by atoms with van der Waals surface area (Å²) in [7, 11) is 0. The highest BCUT2D eigenvalue weighted by atomic mass is 35.5. The minimum absolute atomic E-state index is 0.182. The summed E-state index contributed by atoms with van der Waals surface area (Å²) in [6.07, 6.45) is 1.61. The zero-order valence-corrected chi connectivity index (χ0v) is 16.7. The van der Waals surface area contributed by atoms with Crippen LogP contribution in [0.15, 0.2) is 89.6 Å². The van der Waals surface area contributed by atoms with E-state index in [1.54, 1.807) is 24.3 Å². The van der Waals surface area contributed by atoms with Crippen LogP contribution in [0.25, 0.3) is 6.08 Å². The number of benzene rings is 3. The van der Waals surface area contributed by atoms with Crippen LogP contribution in [0.1, 0.15) is 11.1 Å². The van der Waals surface area contributed by atoms with Crippen molar-refractivity contribution in [1.82, 2.24) is 0 Å². The SMILES string of the molecule is O=C1OC(c2ccccc2)=N/C1=C/c1cc(Cl)ccc1OCCOc1ccccc1. The molecular weight excluding hydrogens is 402 g/mol. The summed E-state index contributed by atoms with van der Waals surface area (Å²) >= 11 is 6.14. The Kier molecular flexibility index (Phi) is 6.11. The van der Waals surface area contributed by atoms with Gasteiger partial charge in [0.1, 0.15) is 24.7 Å². The summed E-state index contributed by atoms with van der Waals surface area (Å²) in [4.78, 5) is 16.6. The normalized spacial score (nSPS) is 14.4. The number of hydrogen-bond donors (Lipinski definition) is 0. The van der Waals surface area contributed by atoms with Crippen molar-refractivity contribution in [3.05, 3.63) is 101 Å². The third-order valence-electron chi connectivity index (χ3n) is 4.26. The van der Waals surface area contributed by atoms with Crippen LogP contribution in [0.3, 0.4) is 0 Å². The molecule has 0 spiro atoms. The molecule has 0 N–H and O–H groups in total. The Morgan fingerprint density at radius 3 is 2.37 bits per heavy atom. The average molecular weight is 420 g/mol. The first-order valence-electron chi connectivity index (χ1n) is 9.37. The zero-order valence-electron chi connectivity index (χ0n) is 16.0. The fourth-order valence-corrected chi connectivity index (χ4v) is 3.03. The molecular formula is C24H18ClNO4. The van der Waals surface area contributed by atoms with Crippen LogP contribution < -0.4 is 9.47 Å². The van der Waals surface area contributed by atoms with Crippen LogP contribution in [0.5, 0.6) is 11.5 Å². The Morgan fingerprint density at radius 1 is 0.900 bits per heavy atom. The highest BCUT2D eigenvalue weighted by molar-refractivity contribution is 6.30. The molecule has 0 amide bonds. The fraction of sp³-hybridized carbons (Fsp3) is 0.0833. The Balaban J connectivity index is 1.49. The third kappa shape index (κ3) is 4.88. The Bertz CT molecular complexity index is 1090. The first kappa shape index (κ1) is 19.7. The van der Waals surface area contributed by atoms with E-state index in [-0.39, 0.29) is 11.6 Å². The Labute approximate surface area is 179 Å². The van der Waals surface area contributed by atoms with E-state index in [2.05, 4.69) is 4.99 Å². The molecule has 0 saturated heterocycles. The molecule has 30 heavy (non-hydrogen) atoms. The predicted octanol–water partition coefficient (Wildman–Crippen LogP) is 5.14. The van der Waals surface area contributed by atoms with Gasteiger partial charge in [-0.05, 0) is 48.5 Å². The predicted molar refractivity (Wildman–Crippen MR) is 116 cm³/mol. The van der Waals surface area contributed by atoms with Crippen molar-refractivity contribution in [3.8, 4) is 11.5 Å². The van der Waals surface area contributed by atoms with Gasteiger partial charge < -0.3 is 14.2 Å². The van der Waals surface area contributed by atoms with Crippen molar-refractivity contribution in [1.29, 1.82) is 0 Å². The minimum Gasteiger partial charge on any atom is -0.490 e. The first-order chi connectivity index (χ1) is 14.7. The lowest BCUT2D eigenvalue weighted by Gasteiger charge is -2.11. The number of carbonyl (C=O) groups excluding carboxylic acids is 1. The summed E-state index contributed by atoms with van der Waals surface area (Å²) < 4.78 is 16.8. The van der Waals surface area contributed by atoms with Gasteiger partial charge >= 0.3 is 5.97 Å². The third-order valence-corrected chi connectivity index (χ3v) is 4.49. The number of nitrogens with zero attached hydrogens (tertiary/aromatic N) is 1. The standard InChI is InChI=1S/C24H18ClNO4/c25-19-11-12-22(29-14-13-28-20-9-5-2-6-10-20)18(15-19)16-21-24(27)30-23(26-21)17-7-3-1-4-8-17/h1-12,15-16H,13-14H2/b21-16+. The van der Waals surface area contributed by atoms with E-state index in [0.29, 0.717) is 29.5 Å². The number of halogens is 1. The van der Waals surface area contributed by atoms with Crippen LogP contribution in [0.4, 0.5) is 0 Å². The maximum Gasteiger partial charge on any atom is 0.363 e. The Hall–Kier alpha value is -3.57. The van der Waals surface area contributed by atoms with Crippen LogP contribution in [-0.4, -0.2) is 25.1 Å². The van der Waals surface area contributed by atoms with Crippen molar-refractivity contribution >= 4 is 29.5 Å². The van der Waals surface area contributed by atoms with Gasteiger partial charge in [-0.1, -0.05) is 48.0 Å². The van der Waals surface area contributed by atoms with Gasteiger partial charge in [0.25, 0.3) is 0 Å². The van der Waals surface area contributed by atoms with E-state index >= 15 is 0 Å². The van der Waals surface area contributed by atoms with E-state index in [0.717, 1.165) is 11.3 Å². The smallest absolute Gasteiger partial charge is 0.363 e. The molecule has 4 rings (SSSR count). The largest absolute Gasteiger partial charge is 0.490 e. The van der Waals surface area contributed by atoms with Gasteiger partial charge in [0.15, 0.2) is 5.70 Å². The quantitative estimate of drug-likeness (QED) is 0.302. The van der Waals surface area contributed by atoms with Gasteiger partial charge in [0, 0.05) is 16.1 Å². The van der Waals surface area contributed by atoms with Gasteiger partial charge in [-0.2, -0.15) is 0 Å². The number of carbonyl (C=O) groups is 1. The second kappa shape index (κ2) is 9.29. The average Bonchev–Trinajstić information content (AvgIpc) is 3.14. The second-order valence-corrected chi connectivity index (χ2v) is 6.83. The minimum atomic E-state index is -0.521. The summed E-state index contributed by atoms with van der Waals surface area (Å²) in [6, 6.07) is 23.9. The van der Waals surface area contributed by atoms with Crippen molar-refractivity contribution in [2.24, 2.45) is 4.99 Å². The molecule has 3 aromatic rings. The highest BCUT2D eigenvalue weighted by Gasteiger charge is 2.24. The monoisotopic (exact) mass is 419 g/mol. The molecule has 0 bridgehead atoms. The molecule has 0 aliphatic carbocycles. The lowest BCUT2D eigenvalue weighted by Crippen LogP contribution is -2.09. The topological polar surface area (TPSA) is 57.1 Å². The lowest BCUT2D eigenvalue weighted by atomic mass is 10.1. The number of rotatable bonds is 7. The van der Waals surface area contributed by atoms with E-state index in [1.807, 2.05) is 60.7 Å². The second-order valence-electron chi connectivity index (χ2n) is 6.39. The maximum absolute atomic E-state index is 12.3. The molecule has 1 heterocycles. The zero-order chi connectivity index (χ0) is 20.8. The summed E-state index contributed by atoms with van der Waals surface area (Å²) in [5.74, 6) is 1.09. The fourth-order valence-electron chi connectivity index (χ4n) is 2.85. The number of aliphatic imine (C=N–C) groups is 1. The number of ether oxygens (including phenoxy) is 3. The van der Waals surface area contributed by atoms with Crippen LogP contribution in [-0.2, 0) is 9.53 Å². The molecule has 0 saturated carbocycles. The molecule has 5 nitrogen and oxygen atoms in total. The van der Waals surface area contributed by atoms with Crippen LogP contribution >= 0.6 is 11.6 Å². The summed E-state index contributed by atoms with van der Waals surface area (Å²) in [5.41, 5.74) is 1.55. The van der Waals surface area contributed by atoms with Crippen LogP contribution in [0, 0.1) is 0 Å². The first-order valence-corrected chi connectivity index (χ1v) is 9.75. The molecule has 0 atom stereocenters. The van der Waals surface area contributed by atoms with Crippen molar-refractivity contribution in [2.45, 2.75) is 0 Å². The van der Waals surface area contributed by atoms with Crippen molar-refractivity contribution in [2.75, 3.05) is 13.2 Å². The summed E-state index contributed by atoms with van der Waals surface area (Å²) in [6.45, 7) is 0.705. The van der Waals surface area contributed by atoms with E-state index in [4.69, 9.17) is 25.8 Å². The van der Waals surface area contributed by atoms with Crippen LogP contribution in [0.2, 0.25) is 5.02 Å². The van der Waals surface area contributed by atoms with Gasteiger partial charge in [0.05, 0.1) is 0 Å². The van der Waals surface area contributed by atoms with Crippen molar-refractivity contribution in [3.63, 3.8) is 0 Å². The molecule has 0 radical (unpaired) electrons. The van der Waals surface area contributed by atoms with Gasteiger partial charge in [0.2, 0.25) is 5.90 Å². The highest BCUT2D eigenvalue weighted by Crippen LogP contribution is 2.27. The molecule has 1 aliphatic heterocycles. The molecule has 0 fully saturated rings. The van der Waals surface area contributed by atoms with E-state index in [1.165, 1.54) is 0 Å². The Morgan fingerprint density at radius 2 is 1.60 bits per heavy atom. The molecule has 0 aromatic heterocycles. The number of para-hydroxylation sites is 1. The van der Waals surface area contributed by atoms with Gasteiger partial charge in [-0.15, -0.1) is 0 Å². The molecule has 150 valence electrons. The number of hydrogen-bond acceptors (Lipinski definition) is 5. The van der Waals surface area contributed by atoms with Crippen molar-refractivity contribution < 1.29 is 19.0 Å². The number of esters is 1.